The minimum Gasteiger partial charge on any atom is -0.411 e. The second-order valence-electron chi connectivity index (χ2n) is 4.93. The number of nitrogens with one attached hydrogen (secondary N) is 1. The molecule has 0 atom stereocenters. The van der Waals surface area contributed by atoms with Gasteiger partial charge in [-0.05, 0) is 35.7 Å². The molecular formula is C16H18N4O3. The van der Waals surface area contributed by atoms with Gasteiger partial charge >= 0.3 is 6.09 Å². The van der Waals surface area contributed by atoms with Gasteiger partial charge in [-0.15, -0.1) is 0 Å². The van der Waals surface area contributed by atoms with Crippen LogP contribution in [0.3, 0.4) is 0 Å². The van der Waals surface area contributed by atoms with E-state index in [2.05, 4.69) is 10.3 Å². The summed E-state index contributed by atoms with van der Waals surface area (Å²) in [6, 6.07) is 10.4. The first-order chi connectivity index (χ1) is 11.0. The van der Waals surface area contributed by atoms with Crippen molar-refractivity contribution >= 4 is 17.8 Å². The molecule has 1 heterocycles. The van der Waals surface area contributed by atoms with Gasteiger partial charge in [0.05, 0.1) is 0 Å². The van der Waals surface area contributed by atoms with E-state index in [1.807, 2.05) is 6.07 Å². The maximum absolute atomic E-state index is 11.8. The van der Waals surface area contributed by atoms with Crippen LogP contribution >= 0.6 is 0 Å². The monoisotopic (exact) mass is 314 g/mol. The largest absolute Gasteiger partial charge is 0.411 e. The lowest BCUT2D eigenvalue weighted by atomic mass is 10.1. The van der Waals surface area contributed by atoms with Crippen molar-refractivity contribution in [2.75, 3.05) is 5.73 Å². The summed E-state index contributed by atoms with van der Waals surface area (Å²) in [6.45, 7) is 0.414. The van der Waals surface area contributed by atoms with E-state index in [0.29, 0.717) is 31.0 Å². The highest BCUT2D eigenvalue weighted by molar-refractivity contribution is 5.76. The number of nitrogens with two attached hydrogens (primary N) is 2. The first-order valence-corrected chi connectivity index (χ1v) is 7.06. The van der Waals surface area contributed by atoms with Crippen LogP contribution in [0.4, 0.5) is 10.6 Å². The van der Waals surface area contributed by atoms with Gasteiger partial charge in [0.1, 0.15) is 11.6 Å². The van der Waals surface area contributed by atoms with Gasteiger partial charge in [0.2, 0.25) is 5.91 Å². The van der Waals surface area contributed by atoms with E-state index in [-0.39, 0.29) is 5.91 Å². The molecule has 1 aromatic carbocycles. The van der Waals surface area contributed by atoms with Crippen molar-refractivity contribution in [3.8, 4) is 5.75 Å². The number of nitrogen functional groups attached to an aromatic ring is 1. The van der Waals surface area contributed by atoms with Crippen LogP contribution in [0.5, 0.6) is 5.75 Å². The molecule has 23 heavy (non-hydrogen) atoms. The average Bonchev–Trinajstić information content (AvgIpc) is 2.53. The van der Waals surface area contributed by atoms with Gasteiger partial charge in [-0.1, -0.05) is 18.2 Å². The number of hydrogen-bond acceptors (Lipinski definition) is 5. The molecule has 0 fully saturated rings. The number of anilines is 1. The molecule has 0 spiro atoms. The topological polar surface area (TPSA) is 120 Å². The summed E-state index contributed by atoms with van der Waals surface area (Å²) in [5.41, 5.74) is 12.3. The number of aryl methyl sites for hydroxylation is 1. The summed E-state index contributed by atoms with van der Waals surface area (Å²) in [5, 5.41) is 2.82. The predicted octanol–water partition coefficient (Wildman–Crippen LogP) is 1.37. The molecule has 2 aromatic rings. The number of carbonyl (C=O) groups excluding carboxylic acids is 2. The molecular weight excluding hydrogens is 296 g/mol. The summed E-state index contributed by atoms with van der Waals surface area (Å²) in [7, 11) is 0. The number of hydrogen-bond donors (Lipinski definition) is 3. The van der Waals surface area contributed by atoms with E-state index in [9.17, 15) is 9.59 Å². The number of carbonyl (C=O) groups is 2. The molecule has 0 saturated carbocycles. The van der Waals surface area contributed by atoms with Gasteiger partial charge in [0.25, 0.3) is 0 Å². The Labute approximate surface area is 133 Å². The van der Waals surface area contributed by atoms with Gasteiger partial charge in [-0.2, -0.15) is 0 Å². The molecule has 0 aliphatic heterocycles. The fourth-order valence-corrected chi connectivity index (χ4v) is 1.93. The van der Waals surface area contributed by atoms with Crippen molar-refractivity contribution in [2.45, 2.75) is 19.4 Å². The van der Waals surface area contributed by atoms with Crippen LogP contribution in [0.25, 0.3) is 0 Å². The van der Waals surface area contributed by atoms with Gasteiger partial charge in [0.15, 0.2) is 0 Å². The van der Waals surface area contributed by atoms with Crippen LogP contribution in [0, 0.1) is 0 Å². The Morgan fingerprint density at radius 3 is 2.39 bits per heavy atom. The van der Waals surface area contributed by atoms with Gasteiger partial charge < -0.3 is 21.5 Å². The van der Waals surface area contributed by atoms with Crippen LogP contribution in [-0.2, 0) is 17.8 Å². The molecule has 0 bridgehead atoms. The molecule has 2 rings (SSSR count). The van der Waals surface area contributed by atoms with E-state index in [1.54, 1.807) is 36.5 Å². The molecule has 5 N–H and O–H groups in total. The van der Waals surface area contributed by atoms with Gasteiger partial charge in [0, 0.05) is 19.2 Å². The third-order valence-corrected chi connectivity index (χ3v) is 3.12. The molecule has 2 amide bonds. The van der Waals surface area contributed by atoms with E-state index in [4.69, 9.17) is 16.2 Å². The number of pyridine rings is 1. The summed E-state index contributed by atoms with van der Waals surface area (Å²) >= 11 is 0. The average molecular weight is 314 g/mol. The molecule has 0 saturated heterocycles. The number of benzene rings is 1. The third-order valence-electron chi connectivity index (χ3n) is 3.12. The highest BCUT2D eigenvalue weighted by Crippen LogP contribution is 2.13. The molecule has 7 heteroatoms. The summed E-state index contributed by atoms with van der Waals surface area (Å²) in [4.78, 5) is 26.4. The third kappa shape index (κ3) is 5.66. The lowest BCUT2D eigenvalue weighted by Crippen LogP contribution is -2.23. The molecule has 1 aromatic heterocycles. The lowest BCUT2D eigenvalue weighted by Gasteiger charge is -2.06. The second-order valence-corrected chi connectivity index (χ2v) is 4.93. The fraction of sp³-hybridized carbons (Fsp3) is 0.188. The van der Waals surface area contributed by atoms with Crippen molar-refractivity contribution in [1.82, 2.24) is 10.3 Å². The van der Waals surface area contributed by atoms with Crippen molar-refractivity contribution in [2.24, 2.45) is 5.73 Å². The SMILES string of the molecule is NC(=O)Oc1ccc(CCC(=O)NCc2ccc(N)nc2)cc1. The number of ether oxygens (including phenoxy) is 1. The quantitative estimate of drug-likeness (QED) is 0.743. The number of amides is 2. The van der Waals surface area contributed by atoms with Gasteiger partial charge in [-0.3, -0.25) is 4.79 Å². The van der Waals surface area contributed by atoms with Crippen molar-refractivity contribution in [3.05, 3.63) is 53.7 Å². The molecule has 0 radical (unpaired) electrons. The number of aromatic nitrogens is 1. The van der Waals surface area contributed by atoms with Crippen LogP contribution < -0.4 is 21.5 Å². The zero-order valence-electron chi connectivity index (χ0n) is 12.5. The first-order valence-electron chi connectivity index (χ1n) is 7.06. The molecule has 0 unspecified atom stereocenters. The van der Waals surface area contributed by atoms with Crippen molar-refractivity contribution in [3.63, 3.8) is 0 Å². The highest BCUT2D eigenvalue weighted by Gasteiger charge is 2.04. The van der Waals surface area contributed by atoms with E-state index >= 15 is 0 Å². The highest BCUT2D eigenvalue weighted by atomic mass is 16.5. The maximum atomic E-state index is 11.8. The smallest absolute Gasteiger partial charge is 0.409 e. The van der Waals surface area contributed by atoms with E-state index in [0.717, 1.165) is 11.1 Å². The zero-order valence-corrected chi connectivity index (χ0v) is 12.5. The van der Waals surface area contributed by atoms with Crippen molar-refractivity contribution < 1.29 is 14.3 Å². The number of rotatable bonds is 6. The minimum atomic E-state index is -0.853. The zero-order chi connectivity index (χ0) is 16.7. The minimum absolute atomic E-state index is 0.0562. The Hall–Kier alpha value is -3.09. The van der Waals surface area contributed by atoms with E-state index < -0.39 is 6.09 Å². The molecule has 7 nitrogen and oxygen atoms in total. The lowest BCUT2D eigenvalue weighted by molar-refractivity contribution is -0.121. The Morgan fingerprint density at radius 1 is 1.09 bits per heavy atom. The normalized spacial score (nSPS) is 10.1. The number of nitrogens with zero attached hydrogens (tertiary/aromatic N) is 1. The maximum Gasteiger partial charge on any atom is 0.409 e. The first kappa shape index (κ1) is 16.3. The van der Waals surface area contributed by atoms with Crippen LogP contribution in [0.2, 0.25) is 0 Å². The fourth-order valence-electron chi connectivity index (χ4n) is 1.93. The standard InChI is InChI=1S/C16H18N4O3/c17-14-7-3-12(9-19-14)10-20-15(21)8-4-11-1-5-13(6-2-11)23-16(18)22/h1-3,5-7,9H,4,8,10H2,(H2,17,19)(H2,18,22)(H,20,21). The number of primary amides is 1. The Kier molecular flexibility index (Phi) is 5.51. The van der Waals surface area contributed by atoms with E-state index in [1.165, 1.54) is 0 Å². The van der Waals surface area contributed by atoms with Crippen LogP contribution in [-0.4, -0.2) is 17.0 Å². The van der Waals surface area contributed by atoms with Crippen LogP contribution in [0.15, 0.2) is 42.6 Å². The summed E-state index contributed by atoms with van der Waals surface area (Å²) in [6.07, 6.45) is 1.73. The Bertz CT molecular complexity index is 669. The van der Waals surface area contributed by atoms with Gasteiger partial charge in [-0.25, -0.2) is 9.78 Å². The second kappa shape index (κ2) is 7.79. The predicted molar refractivity (Wildman–Crippen MR) is 85.5 cm³/mol. The summed E-state index contributed by atoms with van der Waals surface area (Å²) < 4.78 is 4.74. The molecule has 120 valence electrons. The Balaban J connectivity index is 1.75. The Morgan fingerprint density at radius 2 is 1.78 bits per heavy atom. The van der Waals surface area contributed by atoms with Crippen molar-refractivity contribution in [1.29, 1.82) is 0 Å². The summed E-state index contributed by atoms with van der Waals surface area (Å²) in [5.74, 6) is 0.768. The van der Waals surface area contributed by atoms with Crippen LogP contribution in [0.1, 0.15) is 17.5 Å². The molecule has 0 aliphatic rings. The molecule has 0 aliphatic carbocycles.